The number of hydrogen-bond donors (Lipinski definition) is 3. The Bertz CT molecular complexity index is 513. The van der Waals surface area contributed by atoms with E-state index in [4.69, 9.17) is 5.11 Å². The summed E-state index contributed by atoms with van der Waals surface area (Å²) >= 11 is 0. The summed E-state index contributed by atoms with van der Waals surface area (Å²) in [7, 11) is -2.83. The fourth-order valence-corrected chi connectivity index (χ4v) is 3.54. The zero-order valence-corrected chi connectivity index (χ0v) is 10.8. The van der Waals surface area contributed by atoms with Crippen molar-refractivity contribution in [1.29, 1.82) is 0 Å². The molecule has 1 aliphatic rings. The molecule has 1 aromatic rings. The number of sulfone groups is 1. The molecular formula is C12H17NO4S. The molecule has 0 atom stereocenters. The molecule has 18 heavy (non-hydrogen) atoms. The van der Waals surface area contributed by atoms with Gasteiger partial charge in [-0.2, -0.15) is 0 Å². The highest BCUT2D eigenvalue weighted by Crippen LogP contribution is 2.23. The second-order valence-corrected chi connectivity index (χ2v) is 6.92. The van der Waals surface area contributed by atoms with E-state index >= 15 is 0 Å². The first-order chi connectivity index (χ1) is 8.46. The average molecular weight is 271 g/mol. The summed E-state index contributed by atoms with van der Waals surface area (Å²) in [5, 5.41) is 22.0. The molecule has 0 unspecified atom stereocenters. The third-order valence-corrected chi connectivity index (χ3v) is 4.92. The Balaban J connectivity index is 1.89. The number of aromatic hydroxyl groups is 2. The first-order valence-electron chi connectivity index (χ1n) is 5.91. The van der Waals surface area contributed by atoms with E-state index < -0.39 is 9.84 Å². The summed E-state index contributed by atoms with van der Waals surface area (Å²) in [5.41, 5.74) is 0.696. The molecular weight excluding hydrogens is 254 g/mol. The maximum absolute atomic E-state index is 11.3. The minimum Gasteiger partial charge on any atom is -0.508 e. The second kappa shape index (κ2) is 5.16. The van der Waals surface area contributed by atoms with Gasteiger partial charge in [0.15, 0.2) is 0 Å². The Labute approximate surface area is 106 Å². The van der Waals surface area contributed by atoms with Gasteiger partial charge in [0.2, 0.25) is 0 Å². The molecule has 1 aliphatic heterocycles. The highest BCUT2D eigenvalue weighted by atomic mass is 32.2. The lowest BCUT2D eigenvalue weighted by molar-refractivity contribution is 0.431. The Morgan fingerprint density at radius 3 is 2.50 bits per heavy atom. The minimum absolute atomic E-state index is 0.0278. The summed E-state index contributed by atoms with van der Waals surface area (Å²) in [6, 6.07) is 4.63. The van der Waals surface area contributed by atoms with Crippen LogP contribution in [-0.2, 0) is 16.4 Å². The highest BCUT2D eigenvalue weighted by Gasteiger charge is 2.23. The van der Waals surface area contributed by atoms with Gasteiger partial charge in [0.25, 0.3) is 0 Å². The highest BCUT2D eigenvalue weighted by molar-refractivity contribution is 7.91. The molecule has 0 amide bonds. The van der Waals surface area contributed by atoms with Crippen LogP contribution in [0.1, 0.15) is 18.4 Å². The average Bonchev–Trinajstić information content (AvgIpc) is 2.29. The molecule has 1 aromatic carbocycles. The number of benzene rings is 1. The molecule has 0 spiro atoms. The Hall–Kier alpha value is -1.27. The fraction of sp³-hybridized carbons (Fsp3) is 0.500. The molecule has 1 heterocycles. The van der Waals surface area contributed by atoms with Crippen molar-refractivity contribution in [2.75, 3.05) is 11.5 Å². The van der Waals surface area contributed by atoms with Gasteiger partial charge in [-0.25, -0.2) is 8.42 Å². The van der Waals surface area contributed by atoms with Gasteiger partial charge in [0.05, 0.1) is 11.5 Å². The Kier molecular flexibility index (Phi) is 3.77. The SMILES string of the molecule is O=S1(=O)CCC(NCc2ccc(O)cc2O)CC1. The van der Waals surface area contributed by atoms with Crippen molar-refractivity contribution < 1.29 is 18.6 Å². The lowest BCUT2D eigenvalue weighted by Gasteiger charge is -2.23. The van der Waals surface area contributed by atoms with Gasteiger partial charge in [-0.05, 0) is 18.9 Å². The summed E-state index contributed by atoms with van der Waals surface area (Å²) in [6.07, 6.45) is 1.22. The molecule has 6 heteroatoms. The van der Waals surface area contributed by atoms with Crippen molar-refractivity contribution in [3.8, 4) is 11.5 Å². The number of phenolic OH excluding ortho intramolecular Hbond substituents is 2. The van der Waals surface area contributed by atoms with E-state index in [2.05, 4.69) is 5.32 Å². The van der Waals surface area contributed by atoms with Crippen molar-refractivity contribution in [3.63, 3.8) is 0 Å². The zero-order chi connectivity index (χ0) is 13.2. The van der Waals surface area contributed by atoms with Crippen LogP contribution in [0.3, 0.4) is 0 Å². The van der Waals surface area contributed by atoms with E-state index in [9.17, 15) is 13.5 Å². The predicted octanol–water partition coefficient (Wildman–Crippen LogP) is 0.765. The summed E-state index contributed by atoms with van der Waals surface area (Å²) in [4.78, 5) is 0. The van der Waals surface area contributed by atoms with Gasteiger partial charge in [-0.3, -0.25) is 0 Å². The molecule has 5 nitrogen and oxygen atoms in total. The van der Waals surface area contributed by atoms with E-state index in [1.54, 1.807) is 6.07 Å². The Morgan fingerprint density at radius 1 is 1.22 bits per heavy atom. The van der Waals surface area contributed by atoms with Gasteiger partial charge >= 0.3 is 0 Å². The maximum atomic E-state index is 11.3. The van der Waals surface area contributed by atoms with Gasteiger partial charge in [-0.15, -0.1) is 0 Å². The van der Waals surface area contributed by atoms with E-state index in [0.717, 1.165) is 0 Å². The van der Waals surface area contributed by atoms with E-state index in [-0.39, 0.29) is 29.0 Å². The molecule has 2 rings (SSSR count). The van der Waals surface area contributed by atoms with Gasteiger partial charge < -0.3 is 15.5 Å². The van der Waals surface area contributed by atoms with E-state index in [1.807, 2.05) is 0 Å². The fourth-order valence-electron chi connectivity index (χ4n) is 2.05. The largest absolute Gasteiger partial charge is 0.508 e. The number of phenols is 2. The number of rotatable bonds is 3. The third-order valence-electron chi connectivity index (χ3n) is 3.20. The van der Waals surface area contributed by atoms with E-state index in [0.29, 0.717) is 24.9 Å². The van der Waals surface area contributed by atoms with Crippen molar-refractivity contribution in [1.82, 2.24) is 5.32 Å². The van der Waals surface area contributed by atoms with Crippen LogP contribution in [0, 0.1) is 0 Å². The molecule has 100 valence electrons. The van der Waals surface area contributed by atoms with Gasteiger partial charge in [-0.1, -0.05) is 6.07 Å². The molecule has 3 N–H and O–H groups in total. The molecule has 0 aliphatic carbocycles. The molecule has 1 saturated heterocycles. The van der Waals surface area contributed by atoms with Crippen molar-refractivity contribution in [3.05, 3.63) is 23.8 Å². The first kappa shape index (κ1) is 13.2. The summed E-state index contributed by atoms with van der Waals surface area (Å²) in [5.74, 6) is 0.532. The second-order valence-electron chi connectivity index (χ2n) is 4.62. The minimum atomic E-state index is -2.83. The molecule has 1 fully saturated rings. The van der Waals surface area contributed by atoms with Crippen LogP contribution in [-0.4, -0.2) is 36.2 Å². The normalized spacial score (nSPS) is 19.8. The molecule has 0 radical (unpaired) electrons. The standard InChI is InChI=1S/C12H17NO4S/c14-11-2-1-9(12(15)7-11)8-13-10-3-5-18(16,17)6-4-10/h1-2,7,10,13-15H,3-6,8H2. The third kappa shape index (κ3) is 3.36. The van der Waals surface area contributed by atoms with Crippen LogP contribution in [0.5, 0.6) is 11.5 Å². The lowest BCUT2D eigenvalue weighted by atomic mass is 10.1. The first-order valence-corrected chi connectivity index (χ1v) is 7.73. The van der Waals surface area contributed by atoms with Crippen LogP contribution in [0.25, 0.3) is 0 Å². The topological polar surface area (TPSA) is 86.6 Å². The van der Waals surface area contributed by atoms with Gasteiger partial charge in [0, 0.05) is 24.2 Å². The summed E-state index contributed by atoms with van der Waals surface area (Å²) < 4.78 is 22.5. The monoisotopic (exact) mass is 271 g/mol. The molecule has 0 aromatic heterocycles. The molecule has 0 saturated carbocycles. The van der Waals surface area contributed by atoms with Crippen LogP contribution in [0.4, 0.5) is 0 Å². The smallest absolute Gasteiger partial charge is 0.150 e. The van der Waals surface area contributed by atoms with Crippen LogP contribution < -0.4 is 5.32 Å². The van der Waals surface area contributed by atoms with Crippen LogP contribution in [0.2, 0.25) is 0 Å². The number of nitrogens with one attached hydrogen (secondary N) is 1. The zero-order valence-electron chi connectivity index (χ0n) is 9.96. The van der Waals surface area contributed by atoms with Gasteiger partial charge in [0.1, 0.15) is 21.3 Å². The lowest BCUT2D eigenvalue weighted by Crippen LogP contribution is -2.37. The maximum Gasteiger partial charge on any atom is 0.150 e. The Morgan fingerprint density at radius 2 is 1.89 bits per heavy atom. The molecule has 0 bridgehead atoms. The van der Waals surface area contributed by atoms with Crippen molar-refractivity contribution >= 4 is 9.84 Å². The predicted molar refractivity (Wildman–Crippen MR) is 68.3 cm³/mol. The van der Waals surface area contributed by atoms with Crippen molar-refractivity contribution in [2.45, 2.75) is 25.4 Å². The van der Waals surface area contributed by atoms with Crippen LogP contribution in [0.15, 0.2) is 18.2 Å². The summed E-state index contributed by atoms with van der Waals surface area (Å²) in [6.45, 7) is 0.469. The number of hydrogen-bond acceptors (Lipinski definition) is 5. The van der Waals surface area contributed by atoms with Crippen LogP contribution >= 0.6 is 0 Å². The quantitative estimate of drug-likeness (QED) is 0.755. The van der Waals surface area contributed by atoms with E-state index in [1.165, 1.54) is 12.1 Å². The van der Waals surface area contributed by atoms with Crippen molar-refractivity contribution in [2.24, 2.45) is 0 Å².